The number of benzene rings is 2. The van der Waals surface area contributed by atoms with E-state index in [1.807, 2.05) is 74.6 Å². The average Bonchev–Trinajstić information content (AvgIpc) is 2.81. The van der Waals surface area contributed by atoms with Crippen molar-refractivity contribution in [3.8, 4) is 5.75 Å². The van der Waals surface area contributed by atoms with E-state index in [0.29, 0.717) is 17.4 Å². The van der Waals surface area contributed by atoms with Crippen LogP contribution in [-0.2, 0) is 4.79 Å². The number of anilines is 1. The summed E-state index contributed by atoms with van der Waals surface area (Å²) < 4.78 is 5.44. The quantitative estimate of drug-likeness (QED) is 0.629. The highest BCUT2D eigenvalue weighted by atomic mass is 32.1. The van der Waals surface area contributed by atoms with Crippen LogP contribution in [0.4, 0.5) is 5.69 Å². The molecule has 4 nitrogen and oxygen atoms in total. The zero-order chi connectivity index (χ0) is 17.1. The van der Waals surface area contributed by atoms with E-state index in [-0.39, 0.29) is 5.91 Å². The second-order valence-corrected chi connectivity index (χ2v) is 5.71. The summed E-state index contributed by atoms with van der Waals surface area (Å²) in [6, 6.07) is 17.1. The van der Waals surface area contributed by atoms with Crippen LogP contribution in [0.5, 0.6) is 5.75 Å². The van der Waals surface area contributed by atoms with E-state index in [1.165, 1.54) is 0 Å². The van der Waals surface area contributed by atoms with Crippen molar-refractivity contribution in [3.63, 3.8) is 0 Å². The first kappa shape index (κ1) is 16.2. The summed E-state index contributed by atoms with van der Waals surface area (Å²) in [6.07, 6.45) is 1.85. The number of thiocarbonyl (C=S) groups is 1. The van der Waals surface area contributed by atoms with Crippen molar-refractivity contribution < 1.29 is 9.53 Å². The lowest BCUT2D eigenvalue weighted by atomic mass is 10.2. The number of carbonyl (C=O) groups excluding carboxylic acids is 1. The van der Waals surface area contributed by atoms with Crippen LogP contribution in [0, 0.1) is 0 Å². The van der Waals surface area contributed by atoms with Gasteiger partial charge in [0.05, 0.1) is 12.3 Å². The van der Waals surface area contributed by atoms with Crippen molar-refractivity contribution in [2.45, 2.75) is 6.92 Å². The molecule has 24 heavy (non-hydrogen) atoms. The summed E-state index contributed by atoms with van der Waals surface area (Å²) in [5, 5.41) is 0.464. The fourth-order valence-electron chi connectivity index (χ4n) is 2.55. The molecule has 0 radical (unpaired) electrons. The lowest BCUT2D eigenvalue weighted by Gasteiger charge is -2.16. The summed E-state index contributed by atoms with van der Waals surface area (Å²) in [6.45, 7) is 2.54. The Labute approximate surface area is 147 Å². The third-order valence-corrected chi connectivity index (χ3v) is 4.23. The molecular formula is C19H18N2O2S. The van der Waals surface area contributed by atoms with Gasteiger partial charge in [0.25, 0.3) is 5.91 Å². The van der Waals surface area contributed by atoms with Gasteiger partial charge in [-0.2, -0.15) is 0 Å². The van der Waals surface area contributed by atoms with E-state index in [4.69, 9.17) is 17.0 Å². The number of amides is 1. The number of rotatable bonds is 4. The smallest absolute Gasteiger partial charge is 0.281 e. The Hall–Kier alpha value is -2.66. The Morgan fingerprint density at radius 3 is 2.38 bits per heavy atom. The molecule has 0 spiro atoms. The fourth-order valence-corrected chi connectivity index (χ4v) is 2.84. The number of nitrogens with zero attached hydrogens (tertiary/aromatic N) is 2. The first-order chi connectivity index (χ1) is 11.6. The molecule has 0 N–H and O–H groups in total. The topological polar surface area (TPSA) is 32.8 Å². The maximum Gasteiger partial charge on any atom is 0.281 e. The van der Waals surface area contributed by atoms with E-state index < -0.39 is 0 Å². The molecule has 1 amide bonds. The van der Waals surface area contributed by atoms with E-state index in [0.717, 1.165) is 17.0 Å². The van der Waals surface area contributed by atoms with Crippen LogP contribution in [0.15, 0.2) is 60.3 Å². The SMILES string of the molecule is CCOc1ccc(N2C(=O)/C(=C/c3ccccc3)N(C)C2=S)cc1. The Balaban J connectivity index is 1.92. The molecule has 2 aromatic carbocycles. The summed E-state index contributed by atoms with van der Waals surface area (Å²) in [7, 11) is 1.81. The lowest BCUT2D eigenvalue weighted by molar-refractivity contribution is -0.114. The van der Waals surface area contributed by atoms with E-state index in [2.05, 4.69) is 0 Å². The van der Waals surface area contributed by atoms with Crippen LogP contribution in [0.1, 0.15) is 12.5 Å². The molecule has 3 rings (SSSR count). The molecule has 0 aromatic heterocycles. The van der Waals surface area contributed by atoms with Crippen LogP contribution < -0.4 is 9.64 Å². The molecule has 5 heteroatoms. The zero-order valence-electron chi connectivity index (χ0n) is 13.6. The number of ether oxygens (including phenoxy) is 1. The monoisotopic (exact) mass is 338 g/mol. The molecule has 0 aliphatic carbocycles. The molecule has 0 bridgehead atoms. The molecule has 1 aliphatic heterocycles. The van der Waals surface area contributed by atoms with Crippen molar-refractivity contribution in [3.05, 3.63) is 65.9 Å². The lowest BCUT2D eigenvalue weighted by Crippen LogP contribution is -2.31. The van der Waals surface area contributed by atoms with Gasteiger partial charge >= 0.3 is 0 Å². The molecule has 1 fully saturated rings. The molecule has 0 atom stereocenters. The molecular weight excluding hydrogens is 320 g/mol. The predicted molar refractivity (Wildman–Crippen MR) is 99.9 cm³/mol. The average molecular weight is 338 g/mol. The predicted octanol–water partition coefficient (Wildman–Crippen LogP) is 3.69. The third kappa shape index (κ3) is 3.03. The highest BCUT2D eigenvalue weighted by Crippen LogP contribution is 2.29. The van der Waals surface area contributed by atoms with Crippen LogP contribution in [0.25, 0.3) is 6.08 Å². The van der Waals surface area contributed by atoms with Gasteiger partial charge in [-0.1, -0.05) is 30.3 Å². The maximum atomic E-state index is 12.8. The first-order valence-electron chi connectivity index (χ1n) is 7.73. The molecule has 1 heterocycles. The van der Waals surface area contributed by atoms with E-state index >= 15 is 0 Å². The van der Waals surface area contributed by atoms with Crippen LogP contribution in [0.3, 0.4) is 0 Å². The van der Waals surface area contributed by atoms with Gasteiger partial charge in [-0.15, -0.1) is 0 Å². The van der Waals surface area contributed by atoms with Gasteiger partial charge in [-0.05, 0) is 55.0 Å². The van der Waals surface area contributed by atoms with Gasteiger partial charge in [-0.3, -0.25) is 9.69 Å². The Bertz CT molecular complexity index is 785. The van der Waals surface area contributed by atoms with Gasteiger partial charge in [0, 0.05) is 7.05 Å². The standard InChI is InChI=1S/C19H18N2O2S/c1-3-23-16-11-9-15(10-12-16)21-18(22)17(20(2)19(21)24)13-14-7-5-4-6-8-14/h4-13H,3H2,1-2H3/b17-13-. The Kier molecular flexibility index (Phi) is 4.62. The Morgan fingerprint density at radius 2 is 1.75 bits per heavy atom. The fraction of sp³-hybridized carbons (Fsp3) is 0.158. The molecule has 1 saturated heterocycles. The van der Waals surface area contributed by atoms with Gasteiger partial charge in [0.2, 0.25) is 0 Å². The van der Waals surface area contributed by atoms with Crippen LogP contribution in [-0.4, -0.2) is 29.6 Å². The van der Waals surface area contributed by atoms with Crippen molar-refractivity contribution in [2.75, 3.05) is 18.6 Å². The summed E-state index contributed by atoms with van der Waals surface area (Å²) in [4.78, 5) is 16.1. The molecule has 0 unspecified atom stereocenters. The van der Waals surface area contributed by atoms with Crippen molar-refractivity contribution in [2.24, 2.45) is 0 Å². The summed E-state index contributed by atoms with van der Waals surface area (Å²) >= 11 is 5.46. The van der Waals surface area contributed by atoms with Crippen LogP contribution >= 0.6 is 12.2 Å². The highest BCUT2D eigenvalue weighted by Gasteiger charge is 2.36. The van der Waals surface area contributed by atoms with Gasteiger partial charge in [-0.25, -0.2) is 0 Å². The number of carbonyl (C=O) groups is 1. The maximum absolute atomic E-state index is 12.8. The van der Waals surface area contributed by atoms with Crippen molar-refractivity contribution >= 4 is 35.0 Å². The second-order valence-electron chi connectivity index (χ2n) is 5.35. The second kappa shape index (κ2) is 6.84. The van der Waals surface area contributed by atoms with Gasteiger partial charge in [0.15, 0.2) is 5.11 Å². The largest absolute Gasteiger partial charge is 0.494 e. The van der Waals surface area contributed by atoms with E-state index in [9.17, 15) is 4.79 Å². The molecule has 0 saturated carbocycles. The van der Waals surface area contributed by atoms with Crippen molar-refractivity contribution in [1.29, 1.82) is 0 Å². The number of hydrogen-bond donors (Lipinski definition) is 0. The molecule has 1 aliphatic rings. The minimum absolute atomic E-state index is 0.129. The highest BCUT2D eigenvalue weighted by molar-refractivity contribution is 7.80. The summed E-state index contributed by atoms with van der Waals surface area (Å²) in [5.41, 5.74) is 2.25. The van der Waals surface area contributed by atoms with Crippen LogP contribution in [0.2, 0.25) is 0 Å². The van der Waals surface area contributed by atoms with E-state index in [1.54, 1.807) is 9.80 Å². The third-order valence-electron chi connectivity index (χ3n) is 3.77. The minimum atomic E-state index is -0.129. The number of hydrogen-bond acceptors (Lipinski definition) is 3. The first-order valence-corrected chi connectivity index (χ1v) is 8.14. The van der Waals surface area contributed by atoms with Crippen molar-refractivity contribution in [1.82, 2.24) is 4.90 Å². The minimum Gasteiger partial charge on any atom is -0.494 e. The number of likely N-dealkylation sites (N-methyl/N-ethyl adjacent to an activating group) is 1. The summed E-state index contributed by atoms with van der Waals surface area (Å²) in [5.74, 6) is 0.641. The van der Waals surface area contributed by atoms with Gasteiger partial charge < -0.3 is 9.64 Å². The zero-order valence-corrected chi connectivity index (χ0v) is 14.4. The molecule has 2 aromatic rings. The Morgan fingerprint density at radius 1 is 1.08 bits per heavy atom. The normalized spacial score (nSPS) is 16.2. The molecule has 122 valence electrons. The van der Waals surface area contributed by atoms with Gasteiger partial charge in [0.1, 0.15) is 11.4 Å².